The first kappa shape index (κ1) is 11.2. The minimum absolute atomic E-state index is 0.142. The molecule has 0 radical (unpaired) electrons. The molecule has 0 aliphatic heterocycles. The standard InChI is InChI=1S/C10H14N4O/c1-3-5-9(4-2)12-10(15)8-14-7-6-11-13-14/h2,6-7,9H,3,5,8H2,1H3,(H,12,15). The average molecular weight is 206 g/mol. The lowest BCUT2D eigenvalue weighted by Crippen LogP contribution is -2.36. The van der Waals surface area contributed by atoms with Gasteiger partial charge >= 0.3 is 0 Å². The molecule has 0 bridgehead atoms. The number of aromatic nitrogens is 3. The van der Waals surface area contributed by atoms with E-state index in [9.17, 15) is 4.79 Å². The number of nitrogens with one attached hydrogen (secondary N) is 1. The second-order valence-electron chi connectivity index (χ2n) is 3.18. The molecule has 5 nitrogen and oxygen atoms in total. The van der Waals surface area contributed by atoms with Gasteiger partial charge in [0.05, 0.1) is 12.2 Å². The van der Waals surface area contributed by atoms with Crippen molar-refractivity contribution in [2.24, 2.45) is 0 Å². The Bertz CT molecular complexity index is 339. The van der Waals surface area contributed by atoms with Crippen LogP contribution in [-0.4, -0.2) is 26.9 Å². The first-order chi connectivity index (χ1) is 7.26. The molecule has 1 aromatic rings. The Morgan fingerprint density at radius 1 is 1.73 bits per heavy atom. The van der Waals surface area contributed by atoms with Gasteiger partial charge in [-0.3, -0.25) is 4.79 Å². The zero-order valence-corrected chi connectivity index (χ0v) is 8.68. The highest BCUT2D eigenvalue weighted by molar-refractivity contribution is 5.76. The van der Waals surface area contributed by atoms with Crippen molar-refractivity contribution in [2.75, 3.05) is 0 Å². The van der Waals surface area contributed by atoms with Crippen molar-refractivity contribution in [3.63, 3.8) is 0 Å². The van der Waals surface area contributed by atoms with Gasteiger partial charge in [-0.05, 0) is 6.42 Å². The Hall–Kier alpha value is -1.83. The van der Waals surface area contributed by atoms with Crippen LogP contribution in [0, 0.1) is 12.3 Å². The molecule has 0 saturated heterocycles. The predicted octanol–water partition coefficient (Wildman–Crippen LogP) is 0.196. The molecule has 5 heteroatoms. The number of carbonyl (C=O) groups is 1. The highest BCUT2D eigenvalue weighted by Gasteiger charge is 2.08. The Morgan fingerprint density at radius 3 is 3.07 bits per heavy atom. The van der Waals surface area contributed by atoms with Crippen LogP contribution in [0.3, 0.4) is 0 Å². The van der Waals surface area contributed by atoms with E-state index in [-0.39, 0.29) is 18.5 Å². The Balaban J connectivity index is 2.38. The summed E-state index contributed by atoms with van der Waals surface area (Å²) in [5.41, 5.74) is 0. The van der Waals surface area contributed by atoms with Crippen molar-refractivity contribution < 1.29 is 4.79 Å². The molecule has 1 unspecified atom stereocenters. The van der Waals surface area contributed by atoms with Crippen LogP contribution < -0.4 is 5.32 Å². The number of rotatable bonds is 5. The number of amides is 1. The maximum absolute atomic E-state index is 11.5. The summed E-state index contributed by atoms with van der Waals surface area (Å²) in [6, 6.07) is -0.189. The van der Waals surface area contributed by atoms with Crippen molar-refractivity contribution in [1.29, 1.82) is 0 Å². The molecule has 1 heterocycles. The van der Waals surface area contributed by atoms with Crippen molar-refractivity contribution in [1.82, 2.24) is 20.3 Å². The first-order valence-corrected chi connectivity index (χ1v) is 4.86. The van der Waals surface area contributed by atoms with E-state index in [1.807, 2.05) is 6.92 Å². The van der Waals surface area contributed by atoms with E-state index in [4.69, 9.17) is 6.42 Å². The molecule has 0 fully saturated rings. The summed E-state index contributed by atoms with van der Waals surface area (Å²) < 4.78 is 1.45. The highest BCUT2D eigenvalue weighted by Crippen LogP contribution is 1.94. The average Bonchev–Trinajstić information content (AvgIpc) is 2.69. The summed E-state index contributed by atoms with van der Waals surface area (Å²) >= 11 is 0. The van der Waals surface area contributed by atoms with E-state index in [0.717, 1.165) is 12.8 Å². The largest absolute Gasteiger partial charge is 0.341 e. The van der Waals surface area contributed by atoms with Crippen molar-refractivity contribution >= 4 is 5.91 Å². The molecule has 80 valence electrons. The highest BCUT2D eigenvalue weighted by atomic mass is 16.2. The van der Waals surface area contributed by atoms with Gasteiger partial charge in [0.2, 0.25) is 5.91 Å². The van der Waals surface area contributed by atoms with Gasteiger partial charge in [-0.25, -0.2) is 4.68 Å². The van der Waals surface area contributed by atoms with E-state index in [2.05, 4.69) is 21.5 Å². The summed E-state index contributed by atoms with van der Waals surface area (Å²) in [5.74, 6) is 2.39. The molecule has 1 rings (SSSR count). The SMILES string of the molecule is C#CC(CCC)NC(=O)Cn1ccnn1. The monoisotopic (exact) mass is 206 g/mol. The van der Waals surface area contributed by atoms with E-state index in [1.54, 1.807) is 6.20 Å². The number of hydrogen-bond donors (Lipinski definition) is 1. The summed E-state index contributed by atoms with van der Waals surface area (Å²) in [7, 11) is 0. The van der Waals surface area contributed by atoms with Crippen LogP contribution in [-0.2, 0) is 11.3 Å². The van der Waals surface area contributed by atoms with Crippen molar-refractivity contribution in [3.8, 4) is 12.3 Å². The van der Waals surface area contributed by atoms with Crippen molar-refractivity contribution in [3.05, 3.63) is 12.4 Å². The first-order valence-electron chi connectivity index (χ1n) is 4.86. The molecular weight excluding hydrogens is 192 g/mol. The molecule has 15 heavy (non-hydrogen) atoms. The molecular formula is C10H14N4O. The lowest BCUT2D eigenvalue weighted by molar-refractivity contribution is -0.122. The normalized spacial score (nSPS) is 11.7. The zero-order valence-electron chi connectivity index (χ0n) is 8.68. The molecule has 1 N–H and O–H groups in total. The molecule has 0 aliphatic rings. The summed E-state index contributed by atoms with van der Waals surface area (Å²) in [4.78, 5) is 11.5. The predicted molar refractivity (Wildman–Crippen MR) is 55.7 cm³/mol. The summed E-state index contributed by atoms with van der Waals surface area (Å²) in [6.45, 7) is 2.18. The van der Waals surface area contributed by atoms with Crippen LogP contribution in [0.15, 0.2) is 12.4 Å². The second kappa shape index (κ2) is 5.81. The molecule has 1 atom stereocenters. The zero-order chi connectivity index (χ0) is 11.1. The van der Waals surface area contributed by atoms with Gasteiger partial charge in [-0.2, -0.15) is 0 Å². The summed E-state index contributed by atoms with van der Waals surface area (Å²) in [5, 5.41) is 10.0. The second-order valence-corrected chi connectivity index (χ2v) is 3.18. The lowest BCUT2D eigenvalue weighted by atomic mass is 10.2. The van der Waals surface area contributed by atoms with Gasteiger partial charge in [-0.1, -0.05) is 24.5 Å². The van der Waals surface area contributed by atoms with Gasteiger partial charge in [0.25, 0.3) is 0 Å². The van der Waals surface area contributed by atoms with Crippen LogP contribution in [0.4, 0.5) is 0 Å². The van der Waals surface area contributed by atoms with Gasteiger partial charge in [0.15, 0.2) is 0 Å². The van der Waals surface area contributed by atoms with Gasteiger partial charge < -0.3 is 5.32 Å². The fourth-order valence-electron chi connectivity index (χ4n) is 1.19. The van der Waals surface area contributed by atoms with Crippen LogP contribution >= 0.6 is 0 Å². The third kappa shape index (κ3) is 3.81. The molecule has 0 aromatic carbocycles. The number of hydrogen-bond acceptors (Lipinski definition) is 3. The Kier molecular flexibility index (Phi) is 4.35. The third-order valence-electron chi connectivity index (χ3n) is 1.89. The van der Waals surface area contributed by atoms with E-state index >= 15 is 0 Å². The molecule has 1 amide bonds. The van der Waals surface area contributed by atoms with Gasteiger partial charge in [0, 0.05) is 6.20 Å². The topological polar surface area (TPSA) is 59.8 Å². The minimum atomic E-state index is -0.189. The molecule has 0 saturated carbocycles. The van der Waals surface area contributed by atoms with E-state index in [0.29, 0.717) is 0 Å². The maximum Gasteiger partial charge on any atom is 0.242 e. The van der Waals surface area contributed by atoms with Crippen LogP contribution in [0.25, 0.3) is 0 Å². The quantitative estimate of drug-likeness (QED) is 0.700. The van der Waals surface area contributed by atoms with E-state index < -0.39 is 0 Å². The fourth-order valence-corrected chi connectivity index (χ4v) is 1.19. The smallest absolute Gasteiger partial charge is 0.242 e. The van der Waals surface area contributed by atoms with Crippen LogP contribution in [0.2, 0.25) is 0 Å². The van der Waals surface area contributed by atoms with Gasteiger partial charge in [0.1, 0.15) is 6.54 Å². The Labute approximate surface area is 88.9 Å². The van der Waals surface area contributed by atoms with Gasteiger partial charge in [-0.15, -0.1) is 11.5 Å². The molecule has 0 spiro atoms. The molecule has 0 aliphatic carbocycles. The minimum Gasteiger partial charge on any atom is -0.341 e. The fraction of sp³-hybridized carbons (Fsp3) is 0.500. The van der Waals surface area contributed by atoms with Crippen LogP contribution in [0.1, 0.15) is 19.8 Å². The van der Waals surface area contributed by atoms with E-state index in [1.165, 1.54) is 10.9 Å². The number of carbonyl (C=O) groups excluding carboxylic acids is 1. The lowest BCUT2D eigenvalue weighted by Gasteiger charge is -2.11. The van der Waals surface area contributed by atoms with Crippen molar-refractivity contribution in [2.45, 2.75) is 32.4 Å². The third-order valence-corrected chi connectivity index (χ3v) is 1.89. The number of nitrogens with zero attached hydrogens (tertiary/aromatic N) is 3. The Morgan fingerprint density at radius 2 is 2.53 bits per heavy atom. The maximum atomic E-state index is 11.5. The summed E-state index contributed by atoms with van der Waals surface area (Å²) in [6.07, 6.45) is 10.2. The molecule has 1 aromatic heterocycles. The number of terminal acetylenes is 1. The van der Waals surface area contributed by atoms with Crippen LogP contribution in [0.5, 0.6) is 0 Å².